The predicted octanol–water partition coefficient (Wildman–Crippen LogP) is 0.320. The van der Waals surface area contributed by atoms with Crippen molar-refractivity contribution < 1.29 is 9.59 Å². The molecule has 0 aromatic carbocycles. The summed E-state index contributed by atoms with van der Waals surface area (Å²) in [5.41, 5.74) is 8.15. The highest BCUT2D eigenvalue weighted by Crippen LogP contribution is 2.17. The summed E-state index contributed by atoms with van der Waals surface area (Å²) in [7, 11) is 0. The number of hydrogen-bond acceptors (Lipinski definition) is 5. The Labute approximate surface area is 129 Å². The molecule has 1 saturated carbocycles. The van der Waals surface area contributed by atoms with Crippen molar-refractivity contribution in [2.45, 2.75) is 64.5 Å². The minimum absolute atomic E-state index is 0.0939. The summed E-state index contributed by atoms with van der Waals surface area (Å²) in [6.07, 6.45) is 5.97. The van der Waals surface area contributed by atoms with E-state index in [1.54, 1.807) is 6.92 Å². The van der Waals surface area contributed by atoms with E-state index in [2.05, 4.69) is 20.9 Å². The first-order valence-electron chi connectivity index (χ1n) is 7.84. The van der Waals surface area contributed by atoms with Gasteiger partial charge >= 0.3 is 0 Å². The normalized spacial score (nSPS) is 17.0. The summed E-state index contributed by atoms with van der Waals surface area (Å²) in [4.78, 5) is 24.2. The first-order valence-corrected chi connectivity index (χ1v) is 7.84. The van der Waals surface area contributed by atoms with Crippen LogP contribution in [0.5, 0.6) is 0 Å². The Hall–Kier alpha value is -1.96. The first-order chi connectivity index (χ1) is 10.5. The number of hydrogen-bond donors (Lipinski definition) is 3. The lowest BCUT2D eigenvalue weighted by Gasteiger charge is -2.22. The molecule has 0 spiro atoms. The van der Waals surface area contributed by atoms with E-state index in [-0.39, 0.29) is 23.7 Å². The molecule has 8 nitrogen and oxygen atoms in total. The lowest BCUT2D eigenvalue weighted by Crippen LogP contribution is -2.42. The third-order valence-electron chi connectivity index (χ3n) is 3.83. The minimum Gasteiger partial charge on any atom is -0.347 e. The van der Waals surface area contributed by atoms with Gasteiger partial charge < -0.3 is 11.1 Å². The number of nitrogens with two attached hydrogens (primary N) is 1. The molecule has 1 aromatic rings. The summed E-state index contributed by atoms with van der Waals surface area (Å²) in [6.45, 7) is 3.45. The Balaban J connectivity index is 2.13. The van der Waals surface area contributed by atoms with Gasteiger partial charge in [0.1, 0.15) is 0 Å². The van der Waals surface area contributed by atoms with Crippen LogP contribution < -0.4 is 16.5 Å². The maximum atomic E-state index is 12.4. The lowest BCUT2D eigenvalue weighted by atomic mass is 9.95. The second-order valence-corrected chi connectivity index (χ2v) is 5.70. The number of nitrogens with zero attached hydrogens (tertiary/aromatic N) is 3. The van der Waals surface area contributed by atoms with Gasteiger partial charge in [-0.25, -0.2) is 4.68 Å². The van der Waals surface area contributed by atoms with Crippen LogP contribution in [-0.4, -0.2) is 38.8 Å². The fraction of sp³-hybridized carbons (Fsp3) is 0.714. The van der Waals surface area contributed by atoms with Crippen molar-refractivity contribution in [3.8, 4) is 0 Å². The molecule has 1 aromatic heterocycles. The molecule has 0 bridgehead atoms. The van der Waals surface area contributed by atoms with Gasteiger partial charge in [0.2, 0.25) is 5.82 Å². The molecule has 1 aliphatic carbocycles. The first kappa shape index (κ1) is 16.4. The van der Waals surface area contributed by atoms with E-state index in [1.165, 1.54) is 11.1 Å². The topological polar surface area (TPSA) is 115 Å². The smallest absolute Gasteiger partial charge is 0.291 e. The number of amides is 2. The molecule has 1 atom stereocenters. The largest absolute Gasteiger partial charge is 0.347 e. The van der Waals surface area contributed by atoms with Gasteiger partial charge in [0.15, 0.2) is 5.82 Å². The van der Waals surface area contributed by atoms with Crippen molar-refractivity contribution in [2.75, 3.05) is 5.43 Å². The van der Waals surface area contributed by atoms with E-state index < -0.39 is 6.04 Å². The van der Waals surface area contributed by atoms with Gasteiger partial charge in [0.25, 0.3) is 11.8 Å². The summed E-state index contributed by atoms with van der Waals surface area (Å²) < 4.78 is 1.34. The molecule has 122 valence electrons. The standard InChI is InChI=1S/C14H24N6O2/c1-3-11-17-18-12(20(11)19-13(21)9(2)15)14(22)16-10-7-5-4-6-8-10/h9-10H,3-8,15H2,1-2H3,(H,16,22)(H,19,21). The molecule has 1 aliphatic rings. The molecule has 1 unspecified atom stereocenters. The second-order valence-electron chi connectivity index (χ2n) is 5.70. The Kier molecular flexibility index (Phi) is 5.48. The third-order valence-corrected chi connectivity index (χ3v) is 3.83. The number of carbonyl (C=O) groups excluding carboxylic acids is 2. The molecule has 22 heavy (non-hydrogen) atoms. The molecule has 2 rings (SSSR count). The highest BCUT2D eigenvalue weighted by atomic mass is 16.2. The van der Waals surface area contributed by atoms with Crippen LogP contribution in [0.2, 0.25) is 0 Å². The average molecular weight is 308 g/mol. The van der Waals surface area contributed by atoms with Gasteiger partial charge in [0, 0.05) is 12.5 Å². The average Bonchev–Trinajstić information content (AvgIpc) is 2.91. The molecule has 0 radical (unpaired) electrons. The van der Waals surface area contributed by atoms with Gasteiger partial charge in [-0.1, -0.05) is 26.2 Å². The molecule has 0 saturated heterocycles. The maximum Gasteiger partial charge on any atom is 0.291 e. The summed E-state index contributed by atoms with van der Waals surface area (Å²) in [5.74, 6) is -0.0930. The molecular weight excluding hydrogens is 284 g/mol. The van der Waals surface area contributed by atoms with Crippen LogP contribution in [-0.2, 0) is 11.2 Å². The van der Waals surface area contributed by atoms with Crippen LogP contribution in [0.1, 0.15) is 62.4 Å². The molecule has 1 fully saturated rings. The Morgan fingerprint density at radius 2 is 2.00 bits per heavy atom. The van der Waals surface area contributed by atoms with Gasteiger partial charge in [-0.15, -0.1) is 10.2 Å². The number of aromatic nitrogens is 3. The lowest BCUT2D eigenvalue weighted by molar-refractivity contribution is -0.118. The van der Waals surface area contributed by atoms with Crippen molar-refractivity contribution in [3.05, 3.63) is 11.6 Å². The fourth-order valence-electron chi connectivity index (χ4n) is 2.52. The summed E-state index contributed by atoms with van der Waals surface area (Å²) in [6, 6.07) is -0.512. The zero-order valence-corrected chi connectivity index (χ0v) is 13.1. The van der Waals surface area contributed by atoms with E-state index in [0.717, 1.165) is 25.7 Å². The molecule has 0 aliphatic heterocycles. The third kappa shape index (κ3) is 3.82. The van der Waals surface area contributed by atoms with Crippen molar-refractivity contribution in [2.24, 2.45) is 5.73 Å². The second kappa shape index (κ2) is 7.35. The molecular formula is C14H24N6O2. The predicted molar refractivity (Wildman–Crippen MR) is 81.8 cm³/mol. The highest BCUT2D eigenvalue weighted by molar-refractivity contribution is 5.93. The summed E-state index contributed by atoms with van der Waals surface area (Å²) in [5, 5.41) is 10.8. The fourth-order valence-corrected chi connectivity index (χ4v) is 2.52. The minimum atomic E-state index is -0.679. The number of rotatable bonds is 5. The Morgan fingerprint density at radius 1 is 1.32 bits per heavy atom. The maximum absolute atomic E-state index is 12.4. The quantitative estimate of drug-likeness (QED) is 0.724. The van der Waals surface area contributed by atoms with Crippen LogP contribution in [0.4, 0.5) is 0 Å². The van der Waals surface area contributed by atoms with Crippen LogP contribution in [0.25, 0.3) is 0 Å². The number of nitrogens with one attached hydrogen (secondary N) is 2. The Bertz CT molecular complexity index is 533. The molecule has 1 heterocycles. The summed E-state index contributed by atoms with van der Waals surface area (Å²) >= 11 is 0. The monoisotopic (exact) mass is 308 g/mol. The molecule has 2 amide bonds. The van der Waals surface area contributed by atoms with Gasteiger partial charge in [-0.05, 0) is 19.8 Å². The SMILES string of the molecule is CCc1nnc(C(=O)NC2CCCCC2)n1NC(=O)C(C)N. The van der Waals surface area contributed by atoms with Crippen molar-refractivity contribution in [3.63, 3.8) is 0 Å². The van der Waals surface area contributed by atoms with E-state index in [9.17, 15) is 9.59 Å². The van der Waals surface area contributed by atoms with Gasteiger partial charge in [-0.2, -0.15) is 0 Å². The van der Waals surface area contributed by atoms with E-state index >= 15 is 0 Å². The van der Waals surface area contributed by atoms with Crippen molar-refractivity contribution >= 4 is 11.8 Å². The van der Waals surface area contributed by atoms with E-state index in [4.69, 9.17) is 5.73 Å². The van der Waals surface area contributed by atoms with Crippen molar-refractivity contribution in [1.29, 1.82) is 0 Å². The van der Waals surface area contributed by atoms with Crippen LogP contribution in [0, 0.1) is 0 Å². The van der Waals surface area contributed by atoms with Gasteiger partial charge in [-0.3, -0.25) is 15.0 Å². The van der Waals surface area contributed by atoms with E-state index in [0.29, 0.717) is 12.2 Å². The van der Waals surface area contributed by atoms with E-state index in [1.807, 2.05) is 6.92 Å². The number of aryl methyl sites for hydroxylation is 1. The van der Waals surface area contributed by atoms with Gasteiger partial charge in [0.05, 0.1) is 6.04 Å². The van der Waals surface area contributed by atoms with Crippen LogP contribution in [0.15, 0.2) is 0 Å². The van der Waals surface area contributed by atoms with Crippen LogP contribution >= 0.6 is 0 Å². The van der Waals surface area contributed by atoms with Crippen molar-refractivity contribution in [1.82, 2.24) is 20.2 Å². The molecule has 8 heteroatoms. The number of carbonyl (C=O) groups is 2. The van der Waals surface area contributed by atoms with Crippen LogP contribution in [0.3, 0.4) is 0 Å². The zero-order valence-electron chi connectivity index (χ0n) is 13.1. The Morgan fingerprint density at radius 3 is 2.59 bits per heavy atom. The molecule has 4 N–H and O–H groups in total. The zero-order chi connectivity index (χ0) is 16.1. The highest BCUT2D eigenvalue weighted by Gasteiger charge is 2.23.